The molecule has 0 bridgehead atoms. The van der Waals surface area contributed by atoms with Crippen LogP contribution in [0.4, 0.5) is 0 Å². The molecule has 99 heavy (non-hydrogen) atoms. The van der Waals surface area contributed by atoms with Crippen LogP contribution in [-0.2, 0) is 100 Å². The van der Waals surface area contributed by atoms with Crippen molar-refractivity contribution in [1.82, 2.24) is 42.5 Å². The molecule has 0 aromatic carbocycles. The third-order valence-corrected chi connectivity index (χ3v) is 14.7. The van der Waals surface area contributed by atoms with Crippen molar-refractivity contribution in [2.24, 2.45) is 5.92 Å². The number of carboxylic acid groups (broad SMARTS) is 6. The minimum absolute atomic E-state index is 0.00107. The predicted octanol–water partition coefficient (Wildman–Crippen LogP) is 0.734. The minimum Gasteiger partial charge on any atom is -0.481 e. The number of hydrogen-bond acceptors (Lipinski definition) is 21. The van der Waals surface area contributed by atoms with E-state index in [0.717, 1.165) is 70.6 Å². The first-order valence-corrected chi connectivity index (χ1v) is 33.8. The Morgan fingerprint density at radius 2 is 0.495 bits per heavy atom. The molecule has 35 nitrogen and oxygen atoms in total. The van der Waals surface area contributed by atoms with Crippen LogP contribution in [0.15, 0.2) is 0 Å². The van der Waals surface area contributed by atoms with Crippen LogP contribution in [0.25, 0.3) is 0 Å². The summed E-state index contributed by atoms with van der Waals surface area (Å²) in [5.41, 5.74) is 0. The molecular weight excluding hydrogens is 1310 g/mol. The van der Waals surface area contributed by atoms with E-state index in [1.807, 2.05) is 0 Å². The third-order valence-electron chi connectivity index (χ3n) is 14.7. The van der Waals surface area contributed by atoms with E-state index in [1.54, 1.807) is 13.8 Å². The number of rotatable bonds is 67. The zero-order valence-corrected chi connectivity index (χ0v) is 57.2. The Balaban J connectivity index is 4.17. The summed E-state index contributed by atoms with van der Waals surface area (Å²) >= 11 is 0. The molecule has 566 valence electrons. The number of carboxylic acids is 6. The minimum atomic E-state index is -1.46. The molecule has 0 aromatic rings. The van der Waals surface area contributed by atoms with Gasteiger partial charge in [-0.2, -0.15) is 0 Å². The van der Waals surface area contributed by atoms with Gasteiger partial charge < -0.3 is 102 Å². The number of ketones is 1. The van der Waals surface area contributed by atoms with Gasteiger partial charge in [0.2, 0.25) is 47.3 Å². The maximum absolute atomic E-state index is 12.6. The molecule has 0 heterocycles. The van der Waals surface area contributed by atoms with Gasteiger partial charge in [0.1, 0.15) is 55.8 Å². The number of nitrogens with one attached hydrogen (secondary N) is 8. The van der Waals surface area contributed by atoms with Crippen molar-refractivity contribution in [3.05, 3.63) is 0 Å². The lowest BCUT2D eigenvalue weighted by atomic mass is 10.0. The fourth-order valence-corrected chi connectivity index (χ4v) is 9.10. The van der Waals surface area contributed by atoms with Crippen molar-refractivity contribution in [3.63, 3.8) is 0 Å². The number of ether oxygens (including phenoxy) is 6. The highest BCUT2D eigenvalue weighted by molar-refractivity contribution is 5.88. The van der Waals surface area contributed by atoms with E-state index in [9.17, 15) is 97.5 Å². The lowest BCUT2D eigenvalue weighted by Crippen LogP contribution is -2.44. The summed E-state index contributed by atoms with van der Waals surface area (Å²) in [6.45, 7) is 1.73. The zero-order valence-electron chi connectivity index (χ0n) is 57.2. The first-order chi connectivity index (χ1) is 47.2. The quantitative estimate of drug-likeness (QED) is 0.0373. The van der Waals surface area contributed by atoms with Crippen molar-refractivity contribution < 1.29 is 131 Å². The average molecular weight is 1420 g/mol. The van der Waals surface area contributed by atoms with Crippen LogP contribution in [0.1, 0.15) is 181 Å². The monoisotopic (exact) mass is 1420 g/mol. The molecule has 0 aromatic heterocycles. The number of carbonyl (C=O) groups excluding carboxylic acids is 9. The van der Waals surface area contributed by atoms with Crippen LogP contribution >= 0.6 is 0 Å². The van der Waals surface area contributed by atoms with Gasteiger partial charge in [-0.25, -0.2) is 24.0 Å². The number of carbonyl (C=O) groups is 15. The first kappa shape index (κ1) is 91.0. The second-order valence-corrected chi connectivity index (χ2v) is 23.5. The fourth-order valence-electron chi connectivity index (χ4n) is 9.10. The Bertz CT molecular complexity index is 2450. The third kappa shape index (κ3) is 54.6. The number of aliphatic carboxylic acids is 6. The number of Topliss-reactive ketones (excluding diaryl/α,β-unsaturated/α-hetero) is 1. The molecule has 8 amide bonds. The van der Waals surface area contributed by atoms with Gasteiger partial charge in [0.15, 0.2) is 0 Å². The van der Waals surface area contributed by atoms with E-state index in [4.69, 9.17) is 33.5 Å². The van der Waals surface area contributed by atoms with Crippen LogP contribution in [0.5, 0.6) is 0 Å². The summed E-state index contributed by atoms with van der Waals surface area (Å²) < 4.78 is 31.6. The van der Waals surface area contributed by atoms with Gasteiger partial charge >= 0.3 is 35.8 Å². The van der Waals surface area contributed by atoms with Crippen LogP contribution in [0.2, 0.25) is 0 Å². The Kier molecular flexibility index (Phi) is 54.2. The highest BCUT2D eigenvalue weighted by atomic mass is 16.5. The van der Waals surface area contributed by atoms with Gasteiger partial charge in [-0.1, -0.05) is 90.9 Å². The Labute approximate surface area is 576 Å². The van der Waals surface area contributed by atoms with Crippen molar-refractivity contribution in [2.75, 3.05) is 98.9 Å². The summed E-state index contributed by atoms with van der Waals surface area (Å²) in [6.07, 6.45) is 12.1. The summed E-state index contributed by atoms with van der Waals surface area (Å²) in [4.78, 5) is 180. The molecule has 35 heteroatoms. The smallest absolute Gasteiger partial charge is 0.326 e. The van der Waals surface area contributed by atoms with E-state index in [2.05, 4.69) is 42.5 Å². The molecular formula is C64H108N8O27. The molecule has 0 spiro atoms. The fraction of sp³-hybridized carbons (Fsp3) is 0.766. The molecule has 0 aliphatic rings. The maximum Gasteiger partial charge on any atom is 0.326 e. The molecule has 0 rings (SSSR count). The lowest BCUT2D eigenvalue weighted by molar-refractivity contribution is -0.143. The normalized spacial score (nSPS) is 12.6. The topological polar surface area (TPSA) is 529 Å². The van der Waals surface area contributed by atoms with Crippen LogP contribution in [0, 0.1) is 5.92 Å². The summed E-state index contributed by atoms with van der Waals surface area (Å²) in [7, 11) is 0. The van der Waals surface area contributed by atoms with Gasteiger partial charge in [0, 0.05) is 70.5 Å². The SMILES string of the molecule is CC(C)C(=O)CC[C@H](NC(=O)COCCOCCNC(=O)CC[C@H](NC(=O)COCCOCCNC(=O)CC[C@H](NC(=O)COCCOCCNC(=O)CC[C@H](NC(=O)CC[C@H](NC(=O)CCCCCCCCCCCCCCCCC(=O)O)C(=O)O)C(=O)O)C(=O)O)C(=O)O)C(=O)O. The molecule has 5 atom stereocenters. The number of unbranched alkanes of at least 4 members (excludes halogenated alkanes) is 13. The number of amides is 8. The standard InChI is InChI=1S/C64H108N8O27/c1-44(2)50(73)24-19-45(60(84)85)70-56(79)41-97-38-35-95-33-30-66-52(75)26-21-48(63(90)91)72-58(81)43-99-40-37-96-34-31-67-53(76)27-22-49(64(92)93)71-57(80)42-98-39-36-94-32-29-65-51(74)25-20-46(61(86)87)69-55(78)28-23-47(62(88)89)68-54(77)17-15-13-11-9-7-5-3-4-6-8-10-12-14-16-18-59(82)83/h44-49H,3-43H2,1-2H3,(H,65,74)(H,66,75)(H,67,76)(H,68,77)(H,69,78)(H,70,79)(H,71,80)(H,72,81)(H,82,83)(H,84,85)(H,86,87)(H,88,89)(H,90,91)(H,92,93)/t45-,46-,47-,48-,49-/m0/s1. The first-order valence-electron chi connectivity index (χ1n) is 33.8. The average Bonchev–Trinajstić information content (AvgIpc) is 2.93. The van der Waals surface area contributed by atoms with E-state index in [0.29, 0.717) is 6.42 Å². The van der Waals surface area contributed by atoms with Crippen molar-refractivity contribution in [3.8, 4) is 0 Å². The molecule has 0 aliphatic heterocycles. The summed E-state index contributed by atoms with van der Waals surface area (Å²) in [5, 5.41) is 75.4. The molecule has 0 saturated heterocycles. The van der Waals surface area contributed by atoms with E-state index in [1.165, 1.54) is 12.8 Å². The van der Waals surface area contributed by atoms with Crippen molar-refractivity contribution >= 4 is 88.9 Å². The van der Waals surface area contributed by atoms with Crippen LogP contribution in [0.3, 0.4) is 0 Å². The summed E-state index contributed by atoms with van der Waals surface area (Å²) in [5.74, 6) is -13.1. The second-order valence-electron chi connectivity index (χ2n) is 23.5. The summed E-state index contributed by atoms with van der Waals surface area (Å²) in [6, 6.07) is -6.91. The van der Waals surface area contributed by atoms with E-state index >= 15 is 0 Å². The molecule has 0 radical (unpaired) electrons. The highest BCUT2D eigenvalue weighted by Crippen LogP contribution is 2.15. The Morgan fingerprint density at radius 3 is 0.768 bits per heavy atom. The lowest BCUT2D eigenvalue weighted by Gasteiger charge is -2.17. The maximum atomic E-state index is 12.6. The molecule has 0 saturated carbocycles. The van der Waals surface area contributed by atoms with Crippen LogP contribution in [-0.4, -0.2) is 249 Å². The molecule has 0 aliphatic carbocycles. The van der Waals surface area contributed by atoms with Crippen molar-refractivity contribution in [2.45, 2.75) is 211 Å². The van der Waals surface area contributed by atoms with Crippen molar-refractivity contribution in [1.29, 1.82) is 0 Å². The second kappa shape index (κ2) is 58.9. The van der Waals surface area contributed by atoms with Gasteiger partial charge in [-0.05, 0) is 44.9 Å². The molecule has 14 N–H and O–H groups in total. The molecule has 0 unspecified atom stereocenters. The Morgan fingerprint density at radius 1 is 0.263 bits per heavy atom. The van der Waals surface area contributed by atoms with E-state index < -0.39 is 140 Å². The predicted molar refractivity (Wildman–Crippen MR) is 349 cm³/mol. The number of hydrogen-bond donors (Lipinski definition) is 14. The Hall–Kier alpha value is -7.99. The van der Waals surface area contributed by atoms with E-state index in [-0.39, 0.29) is 161 Å². The highest BCUT2D eigenvalue weighted by Gasteiger charge is 2.27. The van der Waals surface area contributed by atoms with Gasteiger partial charge in [0.25, 0.3) is 0 Å². The van der Waals surface area contributed by atoms with Gasteiger partial charge in [0.05, 0.1) is 59.5 Å². The van der Waals surface area contributed by atoms with Gasteiger partial charge in [-0.15, -0.1) is 0 Å². The zero-order chi connectivity index (χ0) is 74.0. The van der Waals surface area contributed by atoms with Gasteiger partial charge in [-0.3, -0.25) is 47.9 Å². The molecule has 0 fully saturated rings. The van der Waals surface area contributed by atoms with Crippen LogP contribution < -0.4 is 42.5 Å². The largest absolute Gasteiger partial charge is 0.481 e.